The van der Waals surface area contributed by atoms with Gasteiger partial charge in [-0.05, 0) is 18.1 Å². The maximum absolute atomic E-state index is 12.0. The SMILES string of the molecule is O=c1cccc2n1CC[C@@H]([C@@H]1c3ccccc3-c3cncn31)[C@H]2O. The van der Waals surface area contributed by atoms with Gasteiger partial charge in [-0.2, -0.15) is 0 Å². The molecule has 2 aromatic heterocycles. The molecule has 3 atom stereocenters. The first kappa shape index (κ1) is 13.7. The monoisotopic (exact) mass is 319 g/mol. The molecule has 0 bridgehead atoms. The van der Waals surface area contributed by atoms with Crippen LogP contribution in [0.15, 0.2) is 59.8 Å². The molecule has 4 heterocycles. The lowest BCUT2D eigenvalue weighted by Gasteiger charge is -2.35. The van der Waals surface area contributed by atoms with E-state index in [9.17, 15) is 9.90 Å². The lowest BCUT2D eigenvalue weighted by molar-refractivity contribution is 0.0536. The fourth-order valence-electron chi connectivity index (χ4n) is 4.33. The van der Waals surface area contributed by atoms with Crippen molar-refractivity contribution in [3.63, 3.8) is 0 Å². The van der Waals surface area contributed by atoms with Gasteiger partial charge < -0.3 is 14.2 Å². The Morgan fingerprint density at radius 1 is 1.12 bits per heavy atom. The number of benzene rings is 1. The zero-order valence-corrected chi connectivity index (χ0v) is 13.0. The van der Waals surface area contributed by atoms with Crippen molar-refractivity contribution in [3.05, 3.63) is 76.6 Å². The van der Waals surface area contributed by atoms with E-state index in [0.717, 1.165) is 12.1 Å². The van der Waals surface area contributed by atoms with Crippen LogP contribution < -0.4 is 5.56 Å². The number of fused-ring (bicyclic) bond motifs is 4. The quantitative estimate of drug-likeness (QED) is 0.749. The first-order chi connectivity index (χ1) is 11.8. The molecule has 0 spiro atoms. The highest BCUT2D eigenvalue weighted by molar-refractivity contribution is 5.69. The van der Waals surface area contributed by atoms with Crippen molar-refractivity contribution in [1.82, 2.24) is 14.1 Å². The van der Waals surface area contributed by atoms with Crippen molar-refractivity contribution in [2.24, 2.45) is 5.92 Å². The molecule has 0 fully saturated rings. The minimum Gasteiger partial charge on any atom is -0.386 e. The highest BCUT2D eigenvalue weighted by Gasteiger charge is 2.40. The maximum atomic E-state index is 12.0. The third-order valence-electron chi connectivity index (χ3n) is 5.40. The van der Waals surface area contributed by atoms with Crippen molar-refractivity contribution < 1.29 is 5.11 Å². The van der Waals surface area contributed by atoms with E-state index in [4.69, 9.17) is 0 Å². The van der Waals surface area contributed by atoms with Gasteiger partial charge in [-0.1, -0.05) is 30.3 Å². The molecule has 5 rings (SSSR count). The first-order valence-corrected chi connectivity index (χ1v) is 8.24. The van der Waals surface area contributed by atoms with Crippen molar-refractivity contribution >= 4 is 0 Å². The summed E-state index contributed by atoms with van der Waals surface area (Å²) in [7, 11) is 0. The van der Waals surface area contributed by atoms with Crippen LogP contribution in [0.3, 0.4) is 0 Å². The summed E-state index contributed by atoms with van der Waals surface area (Å²) in [5.74, 6) is 0.0170. The predicted octanol–water partition coefficient (Wildman–Crippen LogP) is 2.37. The molecule has 2 aliphatic heterocycles. The van der Waals surface area contributed by atoms with Gasteiger partial charge >= 0.3 is 0 Å². The van der Waals surface area contributed by atoms with Crippen molar-refractivity contribution in [3.8, 4) is 11.3 Å². The van der Waals surface area contributed by atoms with Crippen LogP contribution in [-0.4, -0.2) is 19.2 Å². The molecule has 1 aromatic carbocycles. The van der Waals surface area contributed by atoms with Gasteiger partial charge in [-0.25, -0.2) is 4.98 Å². The highest BCUT2D eigenvalue weighted by Crippen LogP contribution is 2.48. The zero-order chi connectivity index (χ0) is 16.3. The van der Waals surface area contributed by atoms with Crippen LogP contribution in [0.25, 0.3) is 11.3 Å². The van der Waals surface area contributed by atoms with E-state index < -0.39 is 6.10 Å². The van der Waals surface area contributed by atoms with Crippen LogP contribution in [0.4, 0.5) is 0 Å². The average molecular weight is 319 g/mol. The van der Waals surface area contributed by atoms with Crippen molar-refractivity contribution in [1.29, 1.82) is 0 Å². The molecule has 2 aliphatic rings. The molecule has 3 aromatic rings. The molecule has 0 radical (unpaired) electrons. The van der Waals surface area contributed by atoms with Gasteiger partial charge in [0.1, 0.15) is 0 Å². The number of nitrogens with zero attached hydrogens (tertiary/aromatic N) is 3. The second-order valence-electron chi connectivity index (χ2n) is 6.56. The van der Waals surface area contributed by atoms with Crippen molar-refractivity contribution in [2.75, 3.05) is 0 Å². The Kier molecular flexibility index (Phi) is 2.82. The molecule has 0 aliphatic carbocycles. The molecule has 0 amide bonds. The van der Waals surface area contributed by atoms with E-state index in [1.165, 1.54) is 11.1 Å². The van der Waals surface area contributed by atoms with E-state index in [1.54, 1.807) is 16.7 Å². The lowest BCUT2D eigenvalue weighted by Crippen LogP contribution is -2.36. The Morgan fingerprint density at radius 3 is 2.92 bits per heavy atom. The number of imidazole rings is 1. The minimum absolute atomic E-state index is 0.0170. The normalized spacial score (nSPS) is 24.3. The van der Waals surface area contributed by atoms with Gasteiger partial charge in [0.2, 0.25) is 0 Å². The standard InChI is InChI=1S/C19H17N3O2/c23-17-7-3-6-15-19(24)14(8-9-21(15)17)18-13-5-2-1-4-12(13)16-10-20-11-22(16)18/h1-7,10-11,14,18-19,24H,8-9H2/t14-,18-,19+/m0/s1. The molecule has 0 saturated heterocycles. The van der Waals surface area contributed by atoms with Crippen LogP contribution in [0, 0.1) is 5.92 Å². The summed E-state index contributed by atoms with van der Waals surface area (Å²) in [5, 5.41) is 11.0. The third kappa shape index (κ3) is 1.73. The molecular weight excluding hydrogens is 302 g/mol. The summed E-state index contributed by atoms with van der Waals surface area (Å²) in [6, 6.07) is 13.5. The summed E-state index contributed by atoms with van der Waals surface area (Å²) >= 11 is 0. The average Bonchev–Trinajstić information content (AvgIpc) is 3.17. The maximum Gasteiger partial charge on any atom is 0.250 e. The number of rotatable bonds is 1. The Labute approximate surface area is 138 Å². The Morgan fingerprint density at radius 2 is 2.00 bits per heavy atom. The summed E-state index contributed by atoms with van der Waals surface area (Å²) in [5.41, 5.74) is 4.18. The predicted molar refractivity (Wildman–Crippen MR) is 89.6 cm³/mol. The molecule has 0 unspecified atom stereocenters. The van der Waals surface area contributed by atoms with Crippen molar-refractivity contribution in [2.45, 2.75) is 25.1 Å². The number of aliphatic hydroxyl groups is 1. The van der Waals surface area contributed by atoms with E-state index in [-0.39, 0.29) is 17.5 Å². The van der Waals surface area contributed by atoms with Gasteiger partial charge in [-0.15, -0.1) is 0 Å². The van der Waals surface area contributed by atoms with Crippen LogP contribution in [0.1, 0.15) is 29.8 Å². The molecule has 0 saturated carbocycles. The van der Waals surface area contributed by atoms with Crippen LogP contribution in [-0.2, 0) is 6.54 Å². The fraction of sp³-hybridized carbons (Fsp3) is 0.263. The van der Waals surface area contributed by atoms with E-state index >= 15 is 0 Å². The smallest absolute Gasteiger partial charge is 0.250 e. The zero-order valence-electron chi connectivity index (χ0n) is 13.0. The van der Waals surface area contributed by atoms with E-state index in [0.29, 0.717) is 12.2 Å². The Hall–Kier alpha value is -2.66. The second kappa shape index (κ2) is 4.92. The largest absolute Gasteiger partial charge is 0.386 e. The number of pyridine rings is 1. The number of hydrogen-bond donors (Lipinski definition) is 1. The number of hydrogen-bond acceptors (Lipinski definition) is 3. The van der Waals surface area contributed by atoms with Crippen LogP contribution in [0.5, 0.6) is 0 Å². The van der Waals surface area contributed by atoms with Gasteiger partial charge in [0.25, 0.3) is 5.56 Å². The van der Waals surface area contributed by atoms with E-state index in [1.807, 2.05) is 30.7 Å². The Balaban J connectivity index is 1.64. The van der Waals surface area contributed by atoms with E-state index in [2.05, 4.69) is 21.7 Å². The third-order valence-corrected chi connectivity index (χ3v) is 5.40. The minimum atomic E-state index is -0.668. The second-order valence-corrected chi connectivity index (χ2v) is 6.56. The molecule has 24 heavy (non-hydrogen) atoms. The lowest BCUT2D eigenvalue weighted by atomic mass is 9.82. The molecule has 120 valence electrons. The highest BCUT2D eigenvalue weighted by atomic mass is 16.3. The van der Waals surface area contributed by atoms with Crippen LogP contribution >= 0.6 is 0 Å². The molecular formula is C19H17N3O2. The van der Waals surface area contributed by atoms with Gasteiger partial charge in [0.15, 0.2) is 0 Å². The summed E-state index contributed by atoms with van der Waals surface area (Å²) < 4.78 is 3.85. The first-order valence-electron chi connectivity index (χ1n) is 8.24. The molecule has 5 nitrogen and oxygen atoms in total. The molecule has 5 heteroatoms. The fourth-order valence-corrected chi connectivity index (χ4v) is 4.33. The summed E-state index contributed by atoms with van der Waals surface area (Å²) in [4.78, 5) is 16.3. The summed E-state index contributed by atoms with van der Waals surface area (Å²) in [6.07, 6.45) is 3.82. The van der Waals surface area contributed by atoms with Gasteiger partial charge in [0, 0.05) is 24.1 Å². The van der Waals surface area contributed by atoms with Gasteiger partial charge in [0.05, 0.1) is 36.1 Å². The van der Waals surface area contributed by atoms with Crippen LogP contribution in [0.2, 0.25) is 0 Å². The number of aliphatic hydroxyl groups excluding tert-OH is 1. The topological polar surface area (TPSA) is 60.0 Å². The molecule has 1 N–H and O–H groups in total. The van der Waals surface area contributed by atoms with Gasteiger partial charge in [-0.3, -0.25) is 4.79 Å². The summed E-state index contributed by atoms with van der Waals surface area (Å²) in [6.45, 7) is 0.638. The Bertz CT molecular complexity index is 988. The number of aromatic nitrogens is 3.